The Morgan fingerprint density at radius 1 is 1.31 bits per heavy atom. The first kappa shape index (κ1) is 11.0. The molecule has 1 aromatic carbocycles. The molecule has 0 radical (unpaired) electrons. The second-order valence-electron chi connectivity index (χ2n) is 4.53. The van der Waals surface area contributed by atoms with Crippen LogP contribution in [0.15, 0.2) is 24.3 Å². The third kappa shape index (κ3) is 1.90. The highest BCUT2D eigenvalue weighted by molar-refractivity contribution is 5.83. The Morgan fingerprint density at radius 2 is 1.94 bits per heavy atom. The minimum Gasteiger partial charge on any atom is -0.480 e. The molecule has 1 aromatic rings. The van der Waals surface area contributed by atoms with Crippen molar-refractivity contribution in [3.63, 3.8) is 0 Å². The summed E-state index contributed by atoms with van der Waals surface area (Å²) in [5.74, 6) is -0.728. The summed E-state index contributed by atoms with van der Waals surface area (Å²) in [5, 5.41) is 12.6. The van der Waals surface area contributed by atoms with Crippen LogP contribution in [-0.4, -0.2) is 16.6 Å². The number of hydrogen-bond acceptors (Lipinski definition) is 2. The van der Waals surface area contributed by atoms with Gasteiger partial charge in [0.1, 0.15) is 5.54 Å². The molecule has 1 saturated carbocycles. The lowest BCUT2D eigenvalue weighted by molar-refractivity contribution is -0.142. The Morgan fingerprint density at radius 3 is 2.50 bits per heavy atom. The van der Waals surface area contributed by atoms with Crippen molar-refractivity contribution >= 4 is 11.7 Å². The molecule has 1 fully saturated rings. The van der Waals surface area contributed by atoms with Crippen LogP contribution in [0.2, 0.25) is 0 Å². The fourth-order valence-electron chi connectivity index (χ4n) is 2.34. The van der Waals surface area contributed by atoms with Crippen LogP contribution in [0.5, 0.6) is 0 Å². The molecular weight excluding hydrogens is 202 g/mol. The molecule has 0 bridgehead atoms. The predicted octanol–water partition coefficient (Wildman–Crippen LogP) is 2.80. The van der Waals surface area contributed by atoms with Crippen LogP contribution in [0.4, 0.5) is 5.69 Å². The molecule has 16 heavy (non-hydrogen) atoms. The first-order valence-electron chi connectivity index (χ1n) is 5.71. The summed E-state index contributed by atoms with van der Waals surface area (Å²) < 4.78 is 0. The average Bonchev–Trinajstić information content (AvgIpc) is 2.71. The largest absolute Gasteiger partial charge is 0.480 e. The van der Waals surface area contributed by atoms with Crippen molar-refractivity contribution < 1.29 is 9.90 Å². The molecule has 0 spiro atoms. The molecule has 2 rings (SSSR count). The van der Waals surface area contributed by atoms with Crippen molar-refractivity contribution in [1.29, 1.82) is 0 Å². The number of aliphatic carboxylic acids is 1. The van der Waals surface area contributed by atoms with Gasteiger partial charge in [-0.3, -0.25) is 0 Å². The van der Waals surface area contributed by atoms with E-state index >= 15 is 0 Å². The molecule has 0 unspecified atom stereocenters. The second kappa shape index (κ2) is 4.16. The van der Waals surface area contributed by atoms with E-state index in [0.29, 0.717) is 0 Å². The number of para-hydroxylation sites is 1. The van der Waals surface area contributed by atoms with Crippen LogP contribution < -0.4 is 5.32 Å². The summed E-state index contributed by atoms with van der Waals surface area (Å²) in [4.78, 5) is 11.4. The van der Waals surface area contributed by atoms with E-state index in [2.05, 4.69) is 5.32 Å². The number of hydrogen-bond donors (Lipinski definition) is 2. The minimum absolute atomic E-state index is 0.719. The number of carboxylic acid groups (broad SMARTS) is 1. The molecular formula is C13H17NO2. The molecule has 1 aliphatic carbocycles. The second-order valence-corrected chi connectivity index (χ2v) is 4.53. The minimum atomic E-state index is -0.744. The van der Waals surface area contributed by atoms with Crippen LogP contribution >= 0.6 is 0 Å². The highest BCUT2D eigenvalue weighted by atomic mass is 16.4. The summed E-state index contributed by atoms with van der Waals surface area (Å²) in [5.41, 5.74) is 1.29. The Bertz CT molecular complexity index is 395. The zero-order valence-corrected chi connectivity index (χ0v) is 9.49. The number of nitrogens with one attached hydrogen (secondary N) is 1. The molecule has 0 aromatic heterocycles. The lowest BCUT2D eigenvalue weighted by Gasteiger charge is -2.27. The number of rotatable bonds is 3. The maximum absolute atomic E-state index is 11.4. The highest BCUT2D eigenvalue weighted by Crippen LogP contribution is 2.34. The van der Waals surface area contributed by atoms with Crippen molar-refractivity contribution in [1.82, 2.24) is 0 Å². The fourth-order valence-corrected chi connectivity index (χ4v) is 2.34. The van der Waals surface area contributed by atoms with Crippen LogP contribution in [0.3, 0.4) is 0 Å². The van der Waals surface area contributed by atoms with Crippen LogP contribution in [0.25, 0.3) is 0 Å². The first-order chi connectivity index (χ1) is 7.64. The summed E-state index contributed by atoms with van der Waals surface area (Å²) in [6.07, 6.45) is 3.42. The molecule has 86 valence electrons. The van der Waals surface area contributed by atoms with E-state index in [9.17, 15) is 9.90 Å². The van der Waals surface area contributed by atoms with Crippen LogP contribution in [0, 0.1) is 6.92 Å². The monoisotopic (exact) mass is 219 g/mol. The van der Waals surface area contributed by atoms with Gasteiger partial charge in [0.25, 0.3) is 0 Å². The van der Waals surface area contributed by atoms with Crippen molar-refractivity contribution in [2.45, 2.75) is 38.1 Å². The van der Waals surface area contributed by atoms with Gasteiger partial charge in [-0.25, -0.2) is 4.79 Å². The number of carboxylic acids is 1. The summed E-state index contributed by atoms with van der Waals surface area (Å²) in [6, 6.07) is 7.83. The van der Waals surface area contributed by atoms with Gasteiger partial charge >= 0.3 is 5.97 Å². The quantitative estimate of drug-likeness (QED) is 0.821. The predicted molar refractivity (Wildman–Crippen MR) is 63.6 cm³/mol. The maximum atomic E-state index is 11.4. The molecule has 0 amide bonds. The number of aryl methyl sites for hydroxylation is 1. The first-order valence-corrected chi connectivity index (χ1v) is 5.71. The molecule has 0 aliphatic heterocycles. The van der Waals surface area contributed by atoms with Gasteiger partial charge in [0.15, 0.2) is 0 Å². The lowest BCUT2D eigenvalue weighted by Crippen LogP contribution is -2.43. The molecule has 0 heterocycles. The van der Waals surface area contributed by atoms with Crippen molar-refractivity contribution in [3.8, 4) is 0 Å². The molecule has 0 atom stereocenters. The van der Waals surface area contributed by atoms with Gasteiger partial charge in [-0.2, -0.15) is 0 Å². The Kier molecular flexibility index (Phi) is 2.86. The van der Waals surface area contributed by atoms with Gasteiger partial charge in [-0.05, 0) is 31.4 Å². The molecule has 3 heteroatoms. The summed E-state index contributed by atoms with van der Waals surface area (Å²) >= 11 is 0. The van der Waals surface area contributed by atoms with E-state index in [4.69, 9.17) is 0 Å². The molecule has 2 N–H and O–H groups in total. The van der Waals surface area contributed by atoms with E-state index in [-0.39, 0.29) is 0 Å². The van der Waals surface area contributed by atoms with Gasteiger partial charge in [0, 0.05) is 5.69 Å². The standard InChI is InChI=1S/C13H17NO2/c1-10-6-2-3-7-11(10)14-13(12(15)16)8-4-5-9-13/h2-3,6-7,14H,4-5,8-9H2,1H3,(H,15,16). The Balaban J connectivity index is 2.25. The Hall–Kier alpha value is -1.51. The van der Waals surface area contributed by atoms with E-state index in [1.54, 1.807) is 0 Å². The van der Waals surface area contributed by atoms with E-state index in [0.717, 1.165) is 36.9 Å². The summed E-state index contributed by atoms with van der Waals surface area (Å²) in [6.45, 7) is 1.99. The van der Waals surface area contributed by atoms with Crippen molar-refractivity contribution in [2.75, 3.05) is 5.32 Å². The smallest absolute Gasteiger partial charge is 0.329 e. The van der Waals surface area contributed by atoms with Crippen molar-refractivity contribution in [2.24, 2.45) is 0 Å². The number of carbonyl (C=O) groups is 1. The molecule has 1 aliphatic rings. The zero-order valence-electron chi connectivity index (χ0n) is 9.49. The zero-order chi connectivity index (χ0) is 11.6. The van der Waals surface area contributed by atoms with Gasteiger partial charge in [-0.15, -0.1) is 0 Å². The third-order valence-corrected chi connectivity index (χ3v) is 3.39. The topological polar surface area (TPSA) is 49.3 Å². The van der Waals surface area contributed by atoms with Gasteiger partial charge in [0.2, 0.25) is 0 Å². The van der Waals surface area contributed by atoms with Crippen LogP contribution in [-0.2, 0) is 4.79 Å². The highest BCUT2D eigenvalue weighted by Gasteiger charge is 2.41. The fraction of sp³-hybridized carbons (Fsp3) is 0.462. The third-order valence-electron chi connectivity index (χ3n) is 3.39. The van der Waals surface area contributed by atoms with E-state index in [1.807, 2.05) is 31.2 Å². The van der Waals surface area contributed by atoms with Crippen LogP contribution in [0.1, 0.15) is 31.2 Å². The van der Waals surface area contributed by atoms with Crippen molar-refractivity contribution in [3.05, 3.63) is 29.8 Å². The molecule has 3 nitrogen and oxygen atoms in total. The number of benzene rings is 1. The van der Waals surface area contributed by atoms with E-state index < -0.39 is 11.5 Å². The number of anilines is 1. The normalized spacial score (nSPS) is 18.3. The SMILES string of the molecule is Cc1ccccc1NC1(C(=O)O)CCCC1. The van der Waals surface area contributed by atoms with Gasteiger partial charge in [-0.1, -0.05) is 31.0 Å². The van der Waals surface area contributed by atoms with E-state index in [1.165, 1.54) is 0 Å². The van der Waals surface area contributed by atoms with Gasteiger partial charge < -0.3 is 10.4 Å². The molecule has 0 saturated heterocycles. The van der Waals surface area contributed by atoms with Gasteiger partial charge in [0.05, 0.1) is 0 Å². The summed E-state index contributed by atoms with van der Waals surface area (Å²) in [7, 11) is 0. The maximum Gasteiger partial charge on any atom is 0.329 e. The Labute approximate surface area is 95.5 Å². The lowest BCUT2D eigenvalue weighted by atomic mass is 9.97. The average molecular weight is 219 g/mol.